The number of amides is 2. The van der Waals surface area contributed by atoms with Crippen molar-refractivity contribution in [2.24, 2.45) is 0 Å². The van der Waals surface area contributed by atoms with Crippen molar-refractivity contribution in [2.75, 3.05) is 34.0 Å². The zero-order chi connectivity index (χ0) is 31.1. The van der Waals surface area contributed by atoms with Gasteiger partial charge in [-0.15, -0.1) is 0 Å². The van der Waals surface area contributed by atoms with Gasteiger partial charge in [-0.2, -0.15) is 0 Å². The minimum atomic E-state index is -0.394. The molecule has 4 rings (SSSR count). The van der Waals surface area contributed by atoms with Gasteiger partial charge >= 0.3 is 5.97 Å². The van der Waals surface area contributed by atoms with Gasteiger partial charge in [-0.1, -0.05) is 30.1 Å². The fourth-order valence-electron chi connectivity index (χ4n) is 5.23. The Kier molecular flexibility index (Phi) is 11.3. The first kappa shape index (κ1) is 32.5. The van der Waals surface area contributed by atoms with E-state index in [1.807, 2.05) is 19.1 Å². The molecule has 0 N–H and O–H groups in total. The van der Waals surface area contributed by atoms with Crippen LogP contribution in [0.15, 0.2) is 12.1 Å². The van der Waals surface area contributed by atoms with Crippen LogP contribution >= 0.6 is 23.2 Å². The van der Waals surface area contributed by atoms with Crippen LogP contribution in [0.2, 0.25) is 10.0 Å². The van der Waals surface area contributed by atoms with Gasteiger partial charge in [-0.05, 0) is 47.7 Å². The lowest BCUT2D eigenvalue weighted by atomic mass is 10.1. The van der Waals surface area contributed by atoms with Crippen molar-refractivity contribution in [3.63, 3.8) is 0 Å². The number of carbonyl (C=O) groups excluding carboxylic acids is 3. The predicted molar refractivity (Wildman–Crippen MR) is 161 cm³/mol. The lowest BCUT2D eigenvalue weighted by Gasteiger charge is -2.17. The fourth-order valence-corrected chi connectivity index (χ4v) is 5.89. The molecule has 0 atom stereocenters. The fraction of sp³-hybridized carbons (Fsp3) is 0.516. The maximum Gasteiger partial charge on any atom is 0.306 e. The van der Waals surface area contributed by atoms with Gasteiger partial charge in [0.05, 0.1) is 50.5 Å². The summed E-state index contributed by atoms with van der Waals surface area (Å²) in [5.41, 5.74) is 3.50. The minimum absolute atomic E-state index is 0.0343. The zero-order valence-electron chi connectivity index (χ0n) is 25.1. The third-order valence-electron chi connectivity index (χ3n) is 7.42. The summed E-state index contributed by atoms with van der Waals surface area (Å²) in [7, 11) is 3.09. The van der Waals surface area contributed by atoms with E-state index in [0.29, 0.717) is 78.7 Å². The second-order valence-electron chi connectivity index (χ2n) is 10.3. The number of benzene rings is 2. The Bertz CT molecular complexity index is 1370. The summed E-state index contributed by atoms with van der Waals surface area (Å²) in [6.45, 7) is 6.20. The Hall–Kier alpha value is -3.37. The van der Waals surface area contributed by atoms with E-state index >= 15 is 0 Å². The Morgan fingerprint density at radius 2 is 1.23 bits per heavy atom. The van der Waals surface area contributed by atoms with Crippen molar-refractivity contribution in [1.82, 2.24) is 9.80 Å². The average Bonchev–Trinajstić information content (AvgIpc) is 3.63. The number of nitrogens with zero attached hydrogens (tertiary/aromatic N) is 2. The van der Waals surface area contributed by atoms with Crippen LogP contribution in [0.4, 0.5) is 0 Å². The number of rotatable bonds is 14. The van der Waals surface area contributed by atoms with Gasteiger partial charge in [0.25, 0.3) is 0 Å². The highest BCUT2D eigenvalue weighted by Crippen LogP contribution is 2.45. The van der Waals surface area contributed by atoms with Crippen LogP contribution in [0.3, 0.4) is 0 Å². The molecule has 2 heterocycles. The minimum Gasteiger partial charge on any atom is -0.493 e. The van der Waals surface area contributed by atoms with Crippen LogP contribution in [-0.4, -0.2) is 61.6 Å². The maximum atomic E-state index is 12.7. The summed E-state index contributed by atoms with van der Waals surface area (Å²) >= 11 is 13.5. The van der Waals surface area contributed by atoms with Crippen molar-refractivity contribution in [2.45, 2.75) is 72.1 Å². The Labute approximate surface area is 262 Å². The SMILES string of the molecule is CCCC(=O)N1Cc2cc(OC)c(OCCCOc3c(OC)cc4c(c3Cl)CN(C(=O)CCC(=O)OCC)C4)c(Cl)c2C1. The number of hydrogen-bond acceptors (Lipinski definition) is 8. The van der Waals surface area contributed by atoms with Gasteiger partial charge < -0.3 is 33.5 Å². The normalized spacial score (nSPS) is 13.4. The molecule has 2 aliphatic rings. The largest absolute Gasteiger partial charge is 0.493 e. The summed E-state index contributed by atoms with van der Waals surface area (Å²) in [6, 6.07) is 3.71. The molecule has 0 radical (unpaired) electrons. The second-order valence-corrected chi connectivity index (χ2v) is 11.1. The van der Waals surface area contributed by atoms with E-state index in [9.17, 15) is 14.4 Å². The average molecular weight is 638 g/mol. The number of fused-ring (bicyclic) bond motifs is 2. The molecule has 2 aromatic rings. The van der Waals surface area contributed by atoms with Crippen LogP contribution < -0.4 is 18.9 Å². The molecular weight excluding hydrogens is 599 g/mol. The summed E-state index contributed by atoms with van der Waals surface area (Å²) in [4.78, 5) is 40.2. The molecule has 0 saturated carbocycles. The molecule has 0 spiro atoms. The van der Waals surface area contributed by atoms with E-state index in [2.05, 4.69) is 0 Å². The maximum absolute atomic E-state index is 12.7. The standard InChI is InChI=1S/C31H38Cl2N2O8/c1-5-8-25(36)34-15-19-13-23(39-3)30(28(32)21(19)17-34)42-11-7-12-43-31-24(40-4)14-20-16-35(18-22(20)29(31)33)26(37)9-10-27(38)41-6-2/h13-14H,5-12,15-18H2,1-4H3. The van der Waals surface area contributed by atoms with Crippen LogP contribution in [0.25, 0.3) is 0 Å². The van der Waals surface area contributed by atoms with Crippen molar-refractivity contribution < 1.29 is 38.1 Å². The monoisotopic (exact) mass is 636 g/mol. The third kappa shape index (κ3) is 7.41. The molecule has 10 nitrogen and oxygen atoms in total. The highest BCUT2D eigenvalue weighted by atomic mass is 35.5. The van der Waals surface area contributed by atoms with Gasteiger partial charge in [0, 0.05) is 45.4 Å². The smallest absolute Gasteiger partial charge is 0.306 e. The third-order valence-corrected chi connectivity index (χ3v) is 8.22. The lowest BCUT2D eigenvalue weighted by molar-refractivity contribution is -0.145. The van der Waals surface area contributed by atoms with E-state index in [-0.39, 0.29) is 37.9 Å². The lowest BCUT2D eigenvalue weighted by Crippen LogP contribution is -2.25. The molecule has 2 aromatic carbocycles. The number of hydrogen-bond donors (Lipinski definition) is 0. The van der Waals surface area contributed by atoms with Gasteiger partial charge in [0.1, 0.15) is 0 Å². The van der Waals surface area contributed by atoms with E-state index < -0.39 is 5.97 Å². The number of ether oxygens (including phenoxy) is 5. The number of carbonyl (C=O) groups is 3. The van der Waals surface area contributed by atoms with Crippen molar-refractivity contribution >= 4 is 41.0 Å². The molecule has 0 bridgehead atoms. The molecule has 0 fully saturated rings. The quantitative estimate of drug-likeness (QED) is 0.193. The number of esters is 1. The molecule has 2 aliphatic heterocycles. The Balaban J connectivity index is 1.35. The number of halogens is 2. The first-order valence-corrected chi connectivity index (χ1v) is 15.2. The van der Waals surface area contributed by atoms with E-state index in [1.165, 1.54) is 7.11 Å². The molecule has 0 aliphatic carbocycles. The molecule has 12 heteroatoms. The zero-order valence-corrected chi connectivity index (χ0v) is 26.6. The molecule has 0 saturated heterocycles. The topological polar surface area (TPSA) is 104 Å². The van der Waals surface area contributed by atoms with Crippen LogP contribution in [0.1, 0.15) is 68.2 Å². The molecular formula is C31H38Cl2N2O8. The molecule has 43 heavy (non-hydrogen) atoms. The first-order valence-electron chi connectivity index (χ1n) is 14.4. The summed E-state index contributed by atoms with van der Waals surface area (Å²) < 4.78 is 28.1. The van der Waals surface area contributed by atoms with E-state index in [0.717, 1.165) is 28.7 Å². The molecule has 2 amide bonds. The Morgan fingerprint density at radius 1 is 0.744 bits per heavy atom. The van der Waals surface area contributed by atoms with Crippen LogP contribution in [0.5, 0.6) is 23.0 Å². The number of methoxy groups -OCH3 is 2. The van der Waals surface area contributed by atoms with Gasteiger partial charge in [-0.25, -0.2) is 0 Å². The van der Waals surface area contributed by atoms with Crippen molar-refractivity contribution in [1.29, 1.82) is 0 Å². The van der Waals surface area contributed by atoms with E-state index in [1.54, 1.807) is 23.8 Å². The summed E-state index contributed by atoms with van der Waals surface area (Å²) in [5, 5.41) is 0.841. The van der Waals surface area contributed by atoms with Crippen LogP contribution in [0, 0.1) is 0 Å². The van der Waals surface area contributed by atoms with Gasteiger partial charge in [0.2, 0.25) is 11.8 Å². The van der Waals surface area contributed by atoms with Gasteiger partial charge in [-0.3, -0.25) is 14.4 Å². The summed E-state index contributed by atoms with van der Waals surface area (Å²) in [6.07, 6.45) is 1.90. The van der Waals surface area contributed by atoms with E-state index in [4.69, 9.17) is 46.9 Å². The second kappa shape index (κ2) is 14.9. The van der Waals surface area contributed by atoms with Crippen LogP contribution in [-0.2, 0) is 45.3 Å². The van der Waals surface area contributed by atoms with Crippen molar-refractivity contribution in [3.05, 3.63) is 44.4 Å². The van der Waals surface area contributed by atoms with Crippen molar-refractivity contribution in [3.8, 4) is 23.0 Å². The van der Waals surface area contributed by atoms with Gasteiger partial charge in [0.15, 0.2) is 23.0 Å². The molecule has 0 aromatic heterocycles. The molecule has 234 valence electrons. The predicted octanol–water partition coefficient (Wildman–Crippen LogP) is 5.69. The first-order chi connectivity index (χ1) is 20.7. The molecule has 0 unspecified atom stereocenters. The Morgan fingerprint density at radius 3 is 1.67 bits per heavy atom. The summed E-state index contributed by atoms with van der Waals surface area (Å²) in [5.74, 6) is 1.37. The highest BCUT2D eigenvalue weighted by molar-refractivity contribution is 6.33. The highest BCUT2D eigenvalue weighted by Gasteiger charge is 2.30.